The molecule has 0 saturated carbocycles. The summed E-state index contributed by atoms with van der Waals surface area (Å²) in [4.78, 5) is 0.0866. The van der Waals surface area contributed by atoms with Crippen molar-refractivity contribution in [2.75, 3.05) is 19.8 Å². The lowest BCUT2D eigenvalue weighted by Crippen LogP contribution is -2.04. The fourth-order valence-corrected chi connectivity index (χ4v) is 5.14. The molecule has 1 aromatic carbocycles. The van der Waals surface area contributed by atoms with Gasteiger partial charge in [0.1, 0.15) is 0 Å². The second kappa shape index (κ2) is 7.90. The lowest BCUT2D eigenvalue weighted by Gasteiger charge is -2.21. The van der Waals surface area contributed by atoms with Gasteiger partial charge in [-0.2, -0.15) is 8.42 Å². The number of nitrogens with zero attached hydrogens (tertiary/aromatic N) is 1. The van der Waals surface area contributed by atoms with Crippen molar-refractivity contribution in [2.24, 2.45) is 4.15 Å². The summed E-state index contributed by atoms with van der Waals surface area (Å²) in [7, 11) is -7.13. The number of rotatable bonds is 8. The quantitative estimate of drug-likeness (QED) is 0.686. The van der Waals surface area contributed by atoms with Crippen LogP contribution in [0.5, 0.6) is 0 Å². The molecule has 0 heterocycles. The molecular formula is C12H20NO5PS. The maximum atomic E-state index is 12.3. The maximum absolute atomic E-state index is 12.3. The minimum atomic E-state index is -3.89. The first kappa shape index (κ1) is 17.3. The Morgan fingerprint density at radius 3 is 1.80 bits per heavy atom. The van der Waals surface area contributed by atoms with Crippen LogP contribution >= 0.6 is 7.74 Å². The van der Waals surface area contributed by atoms with Crippen molar-refractivity contribution in [1.82, 2.24) is 0 Å². The second-order valence-corrected chi connectivity index (χ2v) is 7.38. The zero-order valence-corrected chi connectivity index (χ0v) is 13.6. The predicted molar refractivity (Wildman–Crippen MR) is 77.9 cm³/mol. The molecule has 0 aliphatic rings. The van der Waals surface area contributed by atoms with E-state index in [2.05, 4.69) is 4.15 Å². The molecule has 0 aliphatic heterocycles. The van der Waals surface area contributed by atoms with Crippen molar-refractivity contribution in [1.29, 1.82) is 0 Å². The molecule has 0 bridgehead atoms. The van der Waals surface area contributed by atoms with E-state index in [4.69, 9.17) is 13.6 Å². The molecule has 20 heavy (non-hydrogen) atoms. The maximum Gasteiger partial charge on any atom is 0.371 e. The van der Waals surface area contributed by atoms with Crippen LogP contribution < -0.4 is 0 Å². The average molecular weight is 321 g/mol. The zero-order valence-electron chi connectivity index (χ0n) is 11.9. The third-order valence-corrected chi connectivity index (χ3v) is 6.41. The predicted octanol–water partition coefficient (Wildman–Crippen LogP) is 3.43. The van der Waals surface area contributed by atoms with E-state index in [0.717, 1.165) is 0 Å². The van der Waals surface area contributed by atoms with Gasteiger partial charge in [0.25, 0.3) is 10.0 Å². The van der Waals surface area contributed by atoms with Crippen molar-refractivity contribution in [3.63, 3.8) is 0 Å². The molecule has 114 valence electrons. The largest absolute Gasteiger partial charge is 0.371 e. The molecule has 8 heteroatoms. The van der Waals surface area contributed by atoms with Crippen molar-refractivity contribution in [3.05, 3.63) is 30.3 Å². The summed E-state index contributed by atoms with van der Waals surface area (Å²) in [5, 5.41) is 0. The highest BCUT2D eigenvalue weighted by molar-refractivity contribution is 7.93. The number of hydrogen-bond acceptors (Lipinski definition) is 5. The van der Waals surface area contributed by atoms with Crippen molar-refractivity contribution in [2.45, 2.75) is 25.7 Å². The third kappa shape index (κ3) is 4.68. The molecule has 0 saturated heterocycles. The van der Waals surface area contributed by atoms with Gasteiger partial charge in [0.2, 0.25) is 0 Å². The van der Waals surface area contributed by atoms with Crippen molar-refractivity contribution in [3.8, 4) is 0 Å². The molecule has 0 aliphatic carbocycles. The van der Waals surface area contributed by atoms with Crippen molar-refractivity contribution >= 4 is 17.8 Å². The van der Waals surface area contributed by atoms with E-state index < -0.39 is 17.8 Å². The van der Waals surface area contributed by atoms with Crippen LogP contribution in [0.2, 0.25) is 0 Å². The Balaban J connectivity index is 3.30. The molecule has 6 nitrogen and oxygen atoms in total. The number of hydrogen-bond donors (Lipinski definition) is 0. The van der Waals surface area contributed by atoms with Gasteiger partial charge in [-0.15, -0.1) is 0 Å². The Bertz CT molecular complexity index is 535. The second-order valence-electron chi connectivity index (χ2n) is 3.59. The van der Waals surface area contributed by atoms with E-state index in [1.807, 2.05) is 0 Å². The summed E-state index contributed by atoms with van der Waals surface area (Å²) in [5.41, 5.74) is 0. The van der Waals surface area contributed by atoms with Gasteiger partial charge in [-0.05, 0) is 32.9 Å². The summed E-state index contributed by atoms with van der Waals surface area (Å²) in [5.74, 6) is 0. The molecule has 0 aromatic heterocycles. The topological polar surface area (TPSA) is 74.2 Å². The van der Waals surface area contributed by atoms with E-state index >= 15 is 0 Å². The highest BCUT2D eigenvalue weighted by Crippen LogP contribution is 2.54. The molecule has 0 radical (unpaired) electrons. The van der Waals surface area contributed by atoms with Crippen LogP contribution in [0.1, 0.15) is 20.8 Å². The van der Waals surface area contributed by atoms with Gasteiger partial charge < -0.3 is 13.6 Å². The van der Waals surface area contributed by atoms with Gasteiger partial charge in [-0.1, -0.05) is 22.3 Å². The highest BCUT2D eigenvalue weighted by Gasteiger charge is 2.28. The first-order chi connectivity index (χ1) is 9.49. The smallest absolute Gasteiger partial charge is 0.302 e. The number of sulfonamides is 1. The van der Waals surface area contributed by atoms with Crippen molar-refractivity contribution < 1.29 is 22.0 Å². The molecular weight excluding hydrogens is 301 g/mol. The van der Waals surface area contributed by atoms with Crippen LogP contribution in [-0.2, 0) is 23.6 Å². The summed E-state index contributed by atoms with van der Waals surface area (Å²) in [6.45, 7) is 5.96. The summed E-state index contributed by atoms with van der Waals surface area (Å²) in [6.07, 6.45) is 0. The summed E-state index contributed by atoms with van der Waals surface area (Å²) in [6, 6.07) is 7.93. The van der Waals surface area contributed by atoms with E-state index in [0.29, 0.717) is 0 Å². The Morgan fingerprint density at radius 2 is 1.40 bits per heavy atom. The van der Waals surface area contributed by atoms with Gasteiger partial charge in [0.15, 0.2) is 0 Å². The lowest BCUT2D eigenvalue weighted by molar-refractivity contribution is 0.164. The standard InChI is InChI=1S/C12H20NO5PS/c1-4-16-19(17-5-2,18-6-3)13-20(14,15)12-10-8-7-9-11-12/h7-11H,4-6H2,1-3H3. The average Bonchev–Trinajstić information content (AvgIpc) is 2.40. The zero-order chi connectivity index (χ0) is 15.1. The van der Waals surface area contributed by atoms with Gasteiger partial charge in [0.05, 0.1) is 24.7 Å². The third-order valence-electron chi connectivity index (χ3n) is 2.13. The molecule has 0 atom stereocenters. The molecule has 0 amide bonds. The van der Waals surface area contributed by atoms with Gasteiger partial charge in [0, 0.05) is 0 Å². The van der Waals surface area contributed by atoms with Gasteiger partial charge in [-0.25, -0.2) is 0 Å². The summed E-state index contributed by atoms with van der Waals surface area (Å²) < 4.78 is 44.5. The van der Waals surface area contributed by atoms with E-state index in [9.17, 15) is 8.42 Å². The van der Waals surface area contributed by atoms with Crippen LogP contribution in [0.25, 0.3) is 0 Å². The first-order valence-electron chi connectivity index (χ1n) is 6.37. The first-order valence-corrected chi connectivity index (χ1v) is 9.30. The minimum Gasteiger partial charge on any atom is -0.302 e. The van der Waals surface area contributed by atoms with Crippen LogP contribution in [0.15, 0.2) is 39.4 Å². The Hall–Kier alpha value is -0.720. The summed E-state index contributed by atoms with van der Waals surface area (Å²) >= 11 is 0. The fourth-order valence-electron chi connectivity index (χ4n) is 1.44. The Kier molecular flexibility index (Phi) is 6.85. The molecule has 0 spiro atoms. The van der Waals surface area contributed by atoms with Gasteiger partial charge in [-0.3, -0.25) is 0 Å². The molecule has 0 unspecified atom stereocenters. The monoisotopic (exact) mass is 321 g/mol. The van der Waals surface area contributed by atoms with E-state index in [1.54, 1.807) is 39.0 Å². The molecule has 0 N–H and O–H groups in total. The normalized spacial score (nSPS) is 12.3. The lowest BCUT2D eigenvalue weighted by atomic mass is 10.4. The van der Waals surface area contributed by atoms with E-state index in [1.165, 1.54) is 12.1 Å². The molecule has 0 fully saturated rings. The van der Waals surface area contributed by atoms with Crippen LogP contribution in [-0.4, -0.2) is 28.2 Å². The van der Waals surface area contributed by atoms with Crippen LogP contribution in [0.4, 0.5) is 0 Å². The van der Waals surface area contributed by atoms with Gasteiger partial charge >= 0.3 is 7.74 Å². The fraction of sp³-hybridized carbons (Fsp3) is 0.500. The highest BCUT2D eigenvalue weighted by atomic mass is 32.2. The molecule has 1 aromatic rings. The SMILES string of the molecule is CCOP(=NS(=O)(=O)c1ccccc1)(OCC)OCC. The van der Waals surface area contributed by atoms with Crippen LogP contribution in [0, 0.1) is 0 Å². The minimum absolute atomic E-state index is 0.0866. The van der Waals surface area contributed by atoms with Crippen LogP contribution in [0.3, 0.4) is 0 Å². The molecule has 1 rings (SSSR count). The Labute approximate surface area is 120 Å². The Morgan fingerprint density at radius 1 is 0.950 bits per heavy atom. The van der Waals surface area contributed by atoms with E-state index in [-0.39, 0.29) is 24.7 Å². The number of benzene rings is 1.